The third-order valence-electron chi connectivity index (χ3n) is 6.78. The number of amides is 1. The molecule has 1 aromatic heterocycles. The molecule has 1 N–H and O–H groups in total. The summed E-state index contributed by atoms with van der Waals surface area (Å²) in [4.78, 5) is 53.3. The second kappa shape index (κ2) is 10.9. The second-order valence-corrected chi connectivity index (χ2v) is 9.42. The van der Waals surface area contributed by atoms with Gasteiger partial charge in [-0.1, -0.05) is 86.1 Å². The molecule has 1 aliphatic rings. The van der Waals surface area contributed by atoms with Crippen molar-refractivity contribution in [2.24, 2.45) is 0 Å². The van der Waals surface area contributed by atoms with Gasteiger partial charge in [0.15, 0.2) is 11.5 Å². The molecule has 5 rings (SSSR count). The minimum atomic E-state index is -0.628. The van der Waals surface area contributed by atoms with E-state index in [4.69, 9.17) is 4.74 Å². The molecule has 0 atom stereocenters. The molecule has 4 aromatic rings. The van der Waals surface area contributed by atoms with E-state index in [1.807, 2.05) is 37.3 Å². The zero-order chi connectivity index (χ0) is 27.5. The van der Waals surface area contributed by atoms with Gasteiger partial charge < -0.3 is 14.6 Å². The van der Waals surface area contributed by atoms with Crippen LogP contribution in [0, 0.1) is 0 Å². The fourth-order valence-corrected chi connectivity index (χ4v) is 5.00. The maximum Gasteiger partial charge on any atom is 0.308 e. The highest BCUT2D eigenvalue weighted by Gasteiger charge is 2.40. The molecule has 0 aliphatic heterocycles. The van der Waals surface area contributed by atoms with E-state index < -0.39 is 5.97 Å². The van der Waals surface area contributed by atoms with Crippen LogP contribution in [0.15, 0.2) is 78.9 Å². The molecule has 1 aliphatic carbocycles. The third-order valence-corrected chi connectivity index (χ3v) is 6.78. The zero-order valence-electron chi connectivity index (χ0n) is 21.8. The molecule has 0 bridgehead atoms. The molecule has 0 radical (unpaired) electrons. The fourth-order valence-electron chi connectivity index (χ4n) is 5.00. The molecule has 1 amide bonds. The summed E-state index contributed by atoms with van der Waals surface area (Å²) in [6, 6.07) is 23.1. The van der Waals surface area contributed by atoms with Gasteiger partial charge in [-0.3, -0.25) is 19.2 Å². The lowest BCUT2D eigenvalue weighted by Crippen LogP contribution is -2.24. The summed E-state index contributed by atoms with van der Waals surface area (Å²) in [5.74, 6) is -1.66. The zero-order valence-corrected chi connectivity index (χ0v) is 21.8. The quantitative estimate of drug-likeness (QED) is 0.269. The molecule has 0 unspecified atom stereocenters. The Balaban J connectivity index is 1.71. The van der Waals surface area contributed by atoms with Gasteiger partial charge in [-0.05, 0) is 18.1 Å². The van der Waals surface area contributed by atoms with Gasteiger partial charge in [-0.2, -0.15) is 0 Å². The number of benzene rings is 3. The van der Waals surface area contributed by atoms with E-state index in [1.165, 1.54) is 6.92 Å². The van der Waals surface area contributed by atoms with Crippen molar-refractivity contribution in [1.82, 2.24) is 9.88 Å². The van der Waals surface area contributed by atoms with Crippen molar-refractivity contribution in [1.29, 1.82) is 0 Å². The van der Waals surface area contributed by atoms with Gasteiger partial charge >= 0.3 is 5.97 Å². The number of fused-ring (bicyclic) bond motifs is 2. The van der Waals surface area contributed by atoms with Crippen molar-refractivity contribution in [3.63, 3.8) is 0 Å². The van der Waals surface area contributed by atoms with E-state index in [0.29, 0.717) is 41.9 Å². The van der Waals surface area contributed by atoms with E-state index in [1.54, 1.807) is 53.1 Å². The van der Waals surface area contributed by atoms with Crippen LogP contribution in [0.4, 0.5) is 0 Å². The number of nitrogens with zero attached hydrogens (tertiary/aromatic N) is 1. The minimum absolute atomic E-state index is 0.00441. The van der Waals surface area contributed by atoms with E-state index in [0.717, 1.165) is 12.0 Å². The topological polar surface area (TPSA) is 94.5 Å². The monoisotopic (exact) mass is 520 g/mol. The van der Waals surface area contributed by atoms with E-state index in [-0.39, 0.29) is 40.0 Å². The van der Waals surface area contributed by atoms with Gasteiger partial charge in [0.1, 0.15) is 5.69 Å². The number of hydrogen-bond acceptors (Lipinski definition) is 5. The van der Waals surface area contributed by atoms with Gasteiger partial charge in [-0.15, -0.1) is 0 Å². The molecule has 39 heavy (non-hydrogen) atoms. The van der Waals surface area contributed by atoms with E-state index in [9.17, 15) is 19.2 Å². The lowest BCUT2D eigenvalue weighted by Gasteiger charge is -2.18. The summed E-state index contributed by atoms with van der Waals surface area (Å²) in [6.45, 7) is 4.00. The van der Waals surface area contributed by atoms with Crippen LogP contribution in [-0.4, -0.2) is 28.0 Å². The van der Waals surface area contributed by atoms with Crippen LogP contribution in [0.3, 0.4) is 0 Å². The van der Waals surface area contributed by atoms with Crippen molar-refractivity contribution in [2.45, 2.75) is 39.8 Å². The van der Waals surface area contributed by atoms with Crippen LogP contribution in [0.25, 0.3) is 11.3 Å². The predicted molar refractivity (Wildman–Crippen MR) is 147 cm³/mol. The maximum atomic E-state index is 13.8. The SMILES string of the molecule is CCCCn1c2c(c(OC(C)=O)c1-c1ccccc1C(=O)NCc1ccccc1)C(=O)c1ccccc1C2=O. The Labute approximate surface area is 226 Å². The van der Waals surface area contributed by atoms with Crippen LogP contribution in [-0.2, 0) is 17.9 Å². The highest BCUT2D eigenvalue weighted by Crippen LogP contribution is 2.44. The third kappa shape index (κ3) is 4.79. The molecule has 0 saturated carbocycles. The van der Waals surface area contributed by atoms with E-state index in [2.05, 4.69) is 5.32 Å². The molecular weight excluding hydrogens is 492 g/mol. The Morgan fingerprint density at radius 3 is 2.08 bits per heavy atom. The Morgan fingerprint density at radius 2 is 1.41 bits per heavy atom. The van der Waals surface area contributed by atoms with Crippen LogP contribution in [0.1, 0.15) is 74.6 Å². The van der Waals surface area contributed by atoms with Crippen molar-refractivity contribution >= 4 is 23.4 Å². The Bertz CT molecular complexity index is 1600. The molecule has 0 fully saturated rings. The molecular formula is C32H28N2O5. The average molecular weight is 521 g/mol. The first-order valence-corrected chi connectivity index (χ1v) is 13.0. The minimum Gasteiger partial charge on any atom is -0.424 e. The number of nitrogens with one attached hydrogen (secondary N) is 1. The Kier molecular flexibility index (Phi) is 7.23. The smallest absolute Gasteiger partial charge is 0.308 e. The highest BCUT2D eigenvalue weighted by atomic mass is 16.5. The van der Waals surface area contributed by atoms with Crippen LogP contribution < -0.4 is 10.1 Å². The summed E-state index contributed by atoms with van der Waals surface area (Å²) in [5, 5.41) is 2.95. The van der Waals surface area contributed by atoms with Crippen LogP contribution in [0.2, 0.25) is 0 Å². The van der Waals surface area contributed by atoms with Crippen molar-refractivity contribution in [3.05, 3.63) is 112 Å². The first-order valence-electron chi connectivity index (χ1n) is 13.0. The first kappa shape index (κ1) is 25.9. The second-order valence-electron chi connectivity index (χ2n) is 9.42. The van der Waals surface area contributed by atoms with Crippen molar-refractivity contribution < 1.29 is 23.9 Å². The molecule has 1 heterocycles. The molecule has 196 valence electrons. The maximum absolute atomic E-state index is 13.8. The number of hydrogen-bond donors (Lipinski definition) is 1. The summed E-state index contributed by atoms with van der Waals surface area (Å²) >= 11 is 0. The molecule has 0 spiro atoms. The van der Waals surface area contributed by atoms with Crippen LogP contribution >= 0.6 is 0 Å². The normalized spacial score (nSPS) is 12.1. The van der Waals surface area contributed by atoms with Gasteiger partial charge in [0.25, 0.3) is 5.91 Å². The number of rotatable bonds is 8. The predicted octanol–water partition coefficient (Wildman–Crippen LogP) is 5.59. The van der Waals surface area contributed by atoms with E-state index >= 15 is 0 Å². The number of ketones is 2. The number of aromatic nitrogens is 1. The summed E-state index contributed by atoms with van der Waals surface area (Å²) in [6.07, 6.45) is 1.53. The fraction of sp³-hybridized carbons (Fsp3) is 0.188. The number of esters is 1. The Hall–Kier alpha value is -4.78. The molecule has 0 saturated heterocycles. The van der Waals surface area contributed by atoms with Gasteiger partial charge in [0.2, 0.25) is 5.78 Å². The lowest BCUT2D eigenvalue weighted by atomic mass is 9.87. The highest BCUT2D eigenvalue weighted by molar-refractivity contribution is 6.30. The average Bonchev–Trinajstić information content (AvgIpc) is 3.27. The van der Waals surface area contributed by atoms with Gasteiger partial charge in [0.05, 0.1) is 11.3 Å². The lowest BCUT2D eigenvalue weighted by molar-refractivity contribution is -0.131. The number of unbranched alkanes of at least 4 members (excludes halogenated alkanes) is 1. The number of carbonyl (C=O) groups excluding carboxylic acids is 4. The number of ether oxygens (including phenoxy) is 1. The molecule has 7 nitrogen and oxygen atoms in total. The van der Waals surface area contributed by atoms with Gasteiger partial charge in [-0.25, -0.2) is 0 Å². The largest absolute Gasteiger partial charge is 0.424 e. The van der Waals surface area contributed by atoms with Crippen molar-refractivity contribution in [2.75, 3.05) is 0 Å². The Morgan fingerprint density at radius 1 is 0.795 bits per heavy atom. The summed E-state index contributed by atoms with van der Waals surface area (Å²) in [5.41, 5.74) is 2.92. The molecule has 3 aromatic carbocycles. The van der Waals surface area contributed by atoms with Crippen LogP contribution in [0.5, 0.6) is 5.75 Å². The standard InChI is InChI=1S/C32H28N2O5/c1-3-4-18-34-27(22-14-8-11-17-25(22)32(38)33-19-21-12-6-5-7-13-21)31(39-20(2)35)26-28(34)30(37)24-16-10-9-15-23(24)29(26)36/h5-17H,3-4,18-19H2,1-2H3,(H,33,38). The summed E-state index contributed by atoms with van der Waals surface area (Å²) < 4.78 is 7.44. The molecule has 7 heteroatoms. The summed E-state index contributed by atoms with van der Waals surface area (Å²) in [7, 11) is 0. The van der Waals surface area contributed by atoms with Crippen molar-refractivity contribution in [3.8, 4) is 17.0 Å². The van der Waals surface area contributed by atoms with Gasteiger partial charge in [0, 0.05) is 42.3 Å². The first-order chi connectivity index (χ1) is 18.9. The number of carbonyl (C=O) groups is 4.